The third-order valence-corrected chi connectivity index (χ3v) is 5.42. The van der Waals surface area contributed by atoms with Crippen molar-refractivity contribution < 1.29 is 4.79 Å². The topological polar surface area (TPSA) is 44.9 Å². The lowest BCUT2D eigenvalue weighted by Crippen LogP contribution is -2.26. The van der Waals surface area contributed by atoms with Gasteiger partial charge in [0.25, 0.3) is 0 Å². The lowest BCUT2D eigenvalue weighted by Gasteiger charge is -2.18. The first-order valence-electron chi connectivity index (χ1n) is 10.2. The van der Waals surface area contributed by atoms with Gasteiger partial charge in [-0.2, -0.15) is 0 Å². The van der Waals surface area contributed by atoms with E-state index < -0.39 is 0 Å². The van der Waals surface area contributed by atoms with Crippen LogP contribution in [-0.2, 0) is 11.2 Å². The van der Waals surface area contributed by atoms with Crippen LogP contribution in [0.1, 0.15) is 35.4 Å². The number of fused-ring (bicyclic) bond motifs is 1. The molecule has 2 N–H and O–H groups in total. The molecule has 29 heavy (non-hydrogen) atoms. The van der Waals surface area contributed by atoms with E-state index in [1.54, 1.807) is 0 Å². The van der Waals surface area contributed by atoms with E-state index in [2.05, 4.69) is 77.0 Å². The van der Waals surface area contributed by atoms with Gasteiger partial charge in [-0.25, -0.2) is 0 Å². The fourth-order valence-corrected chi connectivity index (χ4v) is 3.94. The summed E-state index contributed by atoms with van der Waals surface area (Å²) in [4.78, 5) is 15.6. The maximum Gasteiger partial charge on any atom is 0.224 e. The summed E-state index contributed by atoms with van der Waals surface area (Å²) in [6.45, 7) is 0.692. The fraction of sp³-hybridized carbons (Fsp3) is 0.192. The molecular formula is C26H26N2O. The van der Waals surface area contributed by atoms with E-state index in [1.807, 2.05) is 24.4 Å². The molecule has 1 amide bonds. The molecule has 0 fully saturated rings. The van der Waals surface area contributed by atoms with Crippen LogP contribution in [0.5, 0.6) is 0 Å². The SMILES string of the molecule is O=C(Cc1c[nH]c2ccccc12)NCCCC(c1ccccc1)c1ccccc1. The maximum absolute atomic E-state index is 12.4. The number of aromatic amines is 1. The van der Waals surface area contributed by atoms with Gasteiger partial charge in [-0.3, -0.25) is 4.79 Å². The van der Waals surface area contributed by atoms with Crippen LogP contribution < -0.4 is 5.32 Å². The highest BCUT2D eigenvalue weighted by molar-refractivity contribution is 5.88. The van der Waals surface area contributed by atoms with Gasteiger partial charge in [0.2, 0.25) is 5.91 Å². The molecule has 4 rings (SSSR count). The van der Waals surface area contributed by atoms with Crippen molar-refractivity contribution in [2.75, 3.05) is 6.54 Å². The minimum Gasteiger partial charge on any atom is -0.361 e. The van der Waals surface area contributed by atoms with Crippen LogP contribution in [0.3, 0.4) is 0 Å². The van der Waals surface area contributed by atoms with Gasteiger partial charge in [-0.1, -0.05) is 78.9 Å². The molecule has 0 aliphatic carbocycles. The number of H-pyrrole nitrogens is 1. The third-order valence-electron chi connectivity index (χ3n) is 5.42. The zero-order chi connectivity index (χ0) is 19.9. The van der Waals surface area contributed by atoms with Gasteiger partial charge >= 0.3 is 0 Å². The van der Waals surface area contributed by atoms with Crippen LogP contribution in [0.25, 0.3) is 10.9 Å². The minimum absolute atomic E-state index is 0.0747. The summed E-state index contributed by atoms with van der Waals surface area (Å²) in [5.41, 5.74) is 4.76. The highest BCUT2D eigenvalue weighted by atomic mass is 16.1. The highest BCUT2D eigenvalue weighted by Crippen LogP contribution is 2.28. The second-order valence-electron chi connectivity index (χ2n) is 7.40. The van der Waals surface area contributed by atoms with Gasteiger partial charge in [0.1, 0.15) is 0 Å². The van der Waals surface area contributed by atoms with E-state index in [4.69, 9.17) is 0 Å². The smallest absolute Gasteiger partial charge is 0.224 e. The molecule has 146 valence electrons. The van der Waals surface area contributed by atoms with Crippen LogP contribution >= 0.6 is 0 Å². The molecule has 3 nitrogen and oxygen atoms in total. The zero-order valence-corrected chi connectivity index (χ0v) is 16.5. The largest absolute Gasteiger partial charge is 0.361 e. The van der Waals surface area contributed by atoms with E-state index in [0.29, 0.717) is 18.9 Å². The number of aromatic nitrogens is 1. The summed E-state index contributed by atoms with van der Waals surface area (Å²) in [7, 11) is 0. The van der Waals surface area contributed by atoms with Crippen molar-refractivity contribution >= 4 is 16.8 Å². The average molecular weight is 383 g/mol. The van der Waals surface area contributed by atoms with E-state index in [9.17, 15) is 4.79 Å². The predicted molar refractivity (Wildman–Crippen MR) is 119 cm³/mol. The summed E-state index contributed by atoms with van der Waals surface area (Å²) in [5.74, 6) is 0.425. The molecule has 0 unspecified atom stereocenters. The minimum atomic E-state index is 0.0747. The molecule has 3 heteroatoms. The Morgan fingerprint density at radius 3 is 2.14 bits per heavy atom. The van der Waals surface area contributed by atoms with Crippen molar-refractivity contribution in [2.45, 2.75) is 25.2 Å². The number of para-hydroxylation sites is 1. The van der Waals surface area contributed by atoms with Crippen molar-refractivity contribution in [3.05, 3.63) is 108 Å². The van der Waals surface area contributed by atoms with Gasteiger partial charge in [0.15, 0.2) is 0 Å². The monoisotopic (exact) mass is 382 g/mol. The first-order chi connectivity index (χ1) is 14.3. The van der Waals surface area contributed by atoms with E-state index in [-0.39, 0.29) is 5.91 Å². The molecule has 0 saturated heterocycles. The van der Waals surface area contributed by atoms with Crippen molar-refractivity contribution in [2.24, 2.45) is 0 Å². The second-order valence-corrected chi connectivity index (χ2v) is 7.40. The van der Waals surface area contributed by atoms with E-state index >= 15 is 0 Å². The maximum atomic E-state index is 12.4. The number of carbonyl (C=O) groups is 1. The first kappa shape index (κ1) is 19.0. The van der Waals surface area contributed by atoms with Crippen LogP contribution in [0.2, 0.25) is 0 Å². The van der Waals surface area contributed by atoms with Crippen molar-refractivity contribution in [1.29, 1.82) is 0 Å². The van der Waals surface area contributed by atoms with Crippen molar-refractivity contribution in [1.82, 2.24) is 10.3 Å². The Balaban J connectivity index is 1.33. The fourth-order valence-electron chi connectivity index (χ4n) is 3.94. The van der Waals surface area contributed by atoms with Crippen LogP contribution in [0.4, 0.5) is 0 Å². The Kier molecular flexibility index (Phi) is 6.06. The number of rotatable bonds is 8. The lowest BCUT2D eigenvalue weighted by atomic mass is 9.87. The number of hydrogen-bond acceptors (Lipinski definition) is 1. The zero-order valence-electron chi connectivity index (χ0n) is 16.5. The number of amides is 1. The molecule has 0 atom stereocenters. The van der Waals surface area contributed by atoms with Gasteiger partial charge in [0, 0.05) is 29.6 Å². The number of benzene rings is 3. The number of nitrogens with one attached hydrogen (secondary N) is 2. The normalized spacial score (nSPS) is 11.1. The summed E-state index contributed by atoms with van der Waals surface area (Å²) in [6, 6.07) is 29.3. The van der Waals surface area contributed by atoms with Gasteiger partial charge < -0.3 is 10.3 Å². The van der Waals surface area contributed by atoms with Crippen molar-refractivity contribution in [3.63, 3.8) is 0 Å². The van der Waals surface area contributed by atoms with Crippen LogP contribution in [-0.4, -0.2) is 17.4 Å². The molecule has 0 spiro atoms. The molecule has 0 radical (unpaired) electrons. The Hall–Kier alpha value is -3.33. The second kappa shape index (κ2) is 9.24. The molecule has 0 aliphatic heterocycles. The Morgan fingerprint density at radius 1 is 0.828 bits per heavy atom. The summed E-state index contributed by atoms with van der Waals surface area (Å²) in [5, 5.41) is 4.21. The molecule has 0 aliphatic rings. The molecular weight excluding hydrogens is 356 g/mol. The molecule has 0 saturated carbocycles. The summed E-state index contributed by atoms with van der Waals surface area (Å²) < 4.78 is 0. The Morgan fingerprint density at radius 2 is 1.45 bits per heavy atom. The third kappa shape index (κ3) is 4.75. The molecule has 3 aromatic carbocycles. The van der Waals surface area contributed by atoms with Gasteiger partial charge in [-0.15, -0.1) is 0 Å². The average Bonchev–Trinajstić information content (AvgIpc) is 3.18. The van der Waals surface area contributed by atoms with E-state index in [1.165, 1.54) is 11.1 Å². The molecule has 1 aromatic heterocycles. The van der Waals surface area contributed by atoms with Gasteiger partial charge in [-0.05, 0) is 35.6 Å². The molecule has 4 aromatic rings. The predicted octanol–water partition coefficient (Wildman–Crippen LogP) is 5.44. The first-order valence-corrected chi connectivity index (χ1v) is 10.2. The van der Waals surface area contributed by atoms with Crippen LogP contribution in [0.15, 0.2) is 91.1 Å². The molecule has 1 heterocycles. The summed E-state index contributed by atoms with van der Waals surface area (Å²) in [6.07, 6.45) is 4.28. The summed E-state index contributed by atoms with van der Waals surface area (Å²) >= 11 is 0. The number of carbonyl (C=O) groups excluding carboxylic acids is 1. The standard InChI is InChI=1S/C26H26N2O/c29-26(18-22-19-28-25-16-8-7-14-24(22)25)27-17-9-15-23(20-10-3-1-4-11-20)21-12-5-2-6-13-21/h1-8,10-14,16,19,23,28H,9,15,17-18H2,(H,27,29). The lowest BCUT2D eigenvalue weighted by molar-refractivity contribution is -0.120. The van der Waals surface area contributed by atoms with Crippen LogP contribution in [0, 0.1) is 0 Å². The Bertz CT molecular complexity index is 1010. The molecule has 0 bridgehead atoms. The number of hydrogen-bond donors (Lipinski definition) is 2. The van der Waals surface area contributed by atoms with Crippen molar-refractivity contribution in [3.8, 4) is 0 Å². The van der Waals surface area contributed by atoms with Gasteiger partial charge in [0.05, 0.1) is 6.42 Å². The Labute approximate surface area is 171 Å². The van der Waals surface area contributed by atoms with E-state index in [0.717, 1.165) is 29.3 Å². The highest BCUT2D eigenvalue weighted by Gasteiger charge is 2.14. The quantitative estimate of drug-likeness (QED) is 0.392.